The maximum absolute atomic E-state index is 12.8. The Hall–Kier alpha value is -1.45. The molecule has 0 aromatic carbocycles. The van der Waals surface area contributed by atoms with E-state index in [-0.39, 0.29) is 34.2 Å². The van der Waals surface area contributed by atoms with Crippen LogP contribution in [0.3, 0.4) is 0 Å². The third-order valence-electron chi connectivity index (χ3n) is 8.09. The van der Waals surface area contributed by atoms with Gasteiger partial charge in [0.1, 0.15) is 0 Å². The first-order valence-electron chi connectivity index (χ1n) is 9.28. The van der Waals surface area contributed by atoms with E-state index in [0.717, 1.165) is 37.7 Å². The van der Waals surface area contributed by atoms with Crippen LogP contribution in [0.15, 0.2) is 11.6 Å². The van der Waals surface area contributed by atoms with Crippen LogP contribution < -0.4 is 0 Å². The second-order valence-corrected chi connectivity index (χ2v) is 8.96. The number of hydrogen-bond acceptors (Lipinski definition) is 3. The molecule has 0 aromatic heterocycles. The van der Waals surface area contributed by atoms with Gasteiger partial charge in [-0.05, 0) is 66.8 Å². The molecule has 24 heavy (non-hydrogen) atoms. The SMILES string of the molecule is C[C@]12CC[C@H]3[C@@H](CC(=O)C4=CC(=O)CC[C@@]43C)[C@@H]1CC[C@@H]2C(=O)O. The molecule has 6 atom stereocenters. The van der Waals surface area contributed by atoms with Crippen LogP contribution in [0.25, 0.3) is 0 Å². The number of carbonyl (C=O) groups excluding carboxylic acids is 2. The average Bonchev–Trinajstić information content (AvgIpc) is 2.87. The van der Waals surface area contributed by atoms with Crippen LogP contribution in [0.5, 0.6) is 0 Å². The fourth-order valence-electron chi connectivity index (χ4n) is 6.79. The summed E-state index contributed by atoms with van der Waals surface area (Å²) in [6.07, 6.45) is 7.02. The minimum absolute atomic E-state index is 0.0849. The molecule has 0 aliphatic heterocycles. The Labute approximate surface area is 142 Å². The maximum Gasteiger partial charge on any atom is 0.307 e. The van der Waals surface area contributed by atoms with E-state index >= 15 is 0 Å². The summed E-state index contributed by atoms with van der Waals surface area (Å²) in [5.74, 6) is 0.317. The van der Waals surface area contributed by atoms with Gasteiger partial charge in [0.2, 0.25) is 0 Å². The summed E-state index contributed by atoms with van der Waals surface area (Å²) in [4.78, 5) is 36.3. The number of carboxylic acid groups (broad SMARTS) is 1. The van der Waals surface area contributed by atoms with Gasteiger partial charge in [0, 0.05) is 18.4 Å². The van der Waals surface area contributed by atoms with Crippen LogP contribution in [-0.4, -0.2) is 22.6 Å². The van der Waals surface area contributed by atoms with E-state index in [2.05, 4.69) is 13.8 Å². The molecular formula is C20H26O4. The fourth-order valence-corrected chi connectivity index (χ4v) is 6.79. The first kappa shape index (κ1) is 16.0. The number of fused-ring (bicyclic) bond motifs is 5. The van der Waals surface area contributed by atoms with Gasteiger partial charge in [-0.3, -0.25) is 14.4 Å². The van der Waals surface area contributed by atoms with Crippen LogP contribution in [-0.2, 0) is 14.4 Å². The van der Waals surface area contributed by atoms with E-state index in [1.54, 1.807) is 6.08 Å². The lowest BCUT2D eigenvalue weighted by Gasteiger charge is -2.57. The molecule has 0 amide bonds. The normalized spacial score (nSPS) is 47.5. The zero-order valence-electron chi connectivity index (χ0n) is 14.5. The Balaban J connectivity index is 1.72. The molecule has 0 unspecified atom stereocenters. The summed E-state index contributed by atoms with van der Waals surface area (Å²) in [5, 5.41) is 9.62. The second-order valence-electron chi connectivity index (χ2n) is 8.96. The maximum atomic E-state index is 12.8. The van der Waals surface area contributed by atoms with Crippen molar-refractivity contribution in [1.29, 1.82) is 0 Å². The smallest absolute Gasteiger partial charge is 0.307 e. The minimum atomic E-state index is -0.671. The summed E-state index contributed by atoms with van der Waals surface area (Å²) < 4.78 is 0. The number of allylic oxidation sites excluding steroid dienone is 1. The molecule has 130 valence electrons. The molecule has 0 radical (unpaired) electrons. The molecule has 0 bridgehead atoms. The number of rotatable bonds is 1. The highest BCUT2D eigenvalue weighted by Crippen LogP contribution is 2.65. The molecule has 0 aromatic rings. The number of aliphatic carboxylic acids is 1. The number of carbonyl (C=O) groups is 3. The zero-order valence-corrected chi connectivity index (χ0v) is 14.5. The van der Waals surface area contributed by atoms with Crippen molar-refractivity contribution >= 4 is 17.5 Å². The number of Topliss-reactive ketones (excluding diaryl/α,β-unsaturated/α-hetero) is 1. The van der Waals surface area contributed by atoms with Gasteiger partial charge in [-0.1, -0.05) is 13.8 Å². The lowest BCUT2D eigenvalue weighted by Crippen LogP contribution is -2.53. The summed E-state index contributed by atoms with van der Waals surface area (Å²) in [6.45, 7) is 4.31. The highest BCUT2D eigenvalue weighted by Gasteiger charge is 2.61. The third kappa shape index (κ3) is 1.94. The molecule has 3 saturated carbocycles. The molecular weight excluding hydrogens is 304 g/mol. The van der Waals surface area contributed by atoms with Crippen molar-refractivity contribution in [2.45, 2.75) is 58.8 Å². The molecule has 4 rings (SSSR count). The molecule has 0 spiro atoms. The van der Waals surface area contributed by atoms with E-state index in [0.29, 0.717) is 24.7 Å². The van der Waals surface area contributed by atoms with Crippen LogP contribution in [0, 0.1) is 34.5 Å². The molecule has 4 aliphatic rings. The third-order valence-corrected chi connectivity index (χ3v) is 8.09. The quantitative estimate of drug-likeness (QED) is 0.800. The summed E-state index contributed by atoms with van der Waals surface area (Å²) in [5.41, 5.74) is 0.405. The van der Waals surface area contributed by atoms with Crippen molar-refractivity contribution in [2.75, 3.05) is 0 Å². The zero-order chi connectivity index (χ0) is 17.3. The van der Waals surface area contributed by atoms with E-state index in [9.17, 15) is 19.5 Å². The van der Waals surface area contributed by atoms with Gasteiger partial charge in [0.25, 0.3) is 0 Å². The monoisotopic (exact) mass is 330 g/mol. The van der Waals surface area contributed by atoms with E-state index in [4.69, 9.17) is 0 Å². The fraction of sp³-hybridized carbons (Fsp3) is 0.750. The van der Waals surface area contributed by atoms with Crippen molar-refractivity contribution in [3.8, 4) is 0 Å². The highest BCUT2D eigenvalue weighted by molar-refractivity contribution is 6.05. The lowest BCUT2D eigenvalue weighted by molar-refractivity contribution is -0.149. The van der Waals surface area contributed by atoms with Crippen molar-refractivity contribution in [1.82, 2.24) is 0 Å². The number of ketones is 2. The van der Waals surface area contributed by atoms with Gasteiger partial charge in [-0.25, -0.2) is 0 Å². The van der Waals surface area contributed by atoms with Gasteiger partial charge in [-0.2, -0.15) is 0 Å². The first-order chi connectivity index (χ1) is 11.3. The van der Waals surface area contributed by atoms with Crippen LogP contribution in [0.4, 0.5) is 0 Å². The Kier molecular flexibility index (Phi) is 3.36. The Morgan fingerprint density at radius 1 is 1.12 bits per heavy atom. The lowest BCUT2D eigenvalue weighted by atomic mass is 9.46. The molecule has 3 fully saturated rings. The van der Waals surface area contributed by atoms with Crippen molar-refractivity contribution in [2.24, 2.45) is 34.5 Å². The van der Waals surface area contributed by atoms with Crippen molar-refractivity contribution in [3.63, 3.8) is 0 Å². The van der Waals surface area contributed by atoms with Gasteiger partial charge in [0.05, 0.1) is 5.92 Å². The van der Waals surface area contributed by atoms with Crippen LogP contribution in [0.1, 0.15) is 58.8 Å². The average molecular weight is 330 g/mol. The van der Waals surface area contributed by atoms with Gasteiger partial charge < -0.3 is 5.11 Å². The molecule has 1 N–H and O–H groups in total. The van der Waals surface area contributed by atoms with Crippen LogP contribution >= 0.6 is 0 Å². The van der Waals surface area contributed by atoms with Crippen LogP contribution in [0.2, 0.25) is 0 Å². The molecule has 4 nitrogen and oxygen atoms in total. The number of carboxylic acids is 1. The van der Waals surface area contributed by atoms with E-state index in [1.165, 1.54) is 0 Å². The molecule has 0 saturated heterocycles. The summed E-state index contributed by atoms with van der Waals surface area (Å²) in [6, 6.07) is 0. The van der Waals surface area contributed by atoms with Gasteiger partial charge >= 0.3 is 5.97 Å². The molecule has 0 heterocycles. The molecule has 4 heteroatoms. The highest BCUT2D eigenvalue weighted by atomic mass is 16.4. The predicted molar refractivity (Wildman–Crippen MR) is 88.2 cm³/mol. The van der Waals surface area contributed by atoms with Gasteiger partial charge in [0.15, 0.2) is 11.6 Å². The summed E-state index contributed by atoms with van der Waals surface area (Å²) >= 11 is 0. The van der Waals surface area contributed by atoms with Crippen molar-refractivity contribution in [3.05, 3.63) is 11.6 Å². The Morgan fingerprint density at radius 2 is 1.88 bits per heavy atom. The van der Waals surface area contributed by atoms with Crippen molar-refractivity contribution < 1.29 is 19.5 Å². The minimum Gasteiger partial charge on any atom is -0.481 e. The van der Waals surface area contributed by atoms with E-state index < -0.39 is 5.97 Å². The molecule has 4 aliphatic carbocycles. The van der Waals surface area contributed by atoms with Gasteiger partial charge in [-0.15, -0.1) is 0 Å². The standard InChI is InChI=1S/C20H26O4/c1-19-8-6-14-12(13(19)3-4-15(19)18(23)24)10-17(22)16-9-11(21)5-7-20(14,16)2/h9,12-15H,3-8,10H2,1-2H3,(H,23,24)/t12-,13-,14-,15+,19-,20+/m0/s1. The predicted octanol–water partition coefficient (Wildman–Crippen LogP) is 3.40. The number of hydrogen-bond donors (Lipinski definition) is 1. The Morgan fingerprint density at radius 3 is 2.58 bits per heavy atom. The Bertz CT molecular complexity index is 663. The van der Waals surface area contributed by atoms with E-state index in [1.807, 2.05) is 0 Å². The first-order valence-corrected chi connectivity index (χ1v) is 9.28. The topological polar surface area (TPSA) is 71.4 Å². The largest absolute Gasteiger partial charge is 0.481 e. The second kappa shape index (κ2) is 5.03. The summed E-state index contributed by atoms with van der Waals surface area (Å²) in [7, 11) is 0.